The van der Waals surface area contributed by atoms with Gasteiger partial charge in [-0.3, -0.25) is 10.00 Å². The number of hydrogen-bond donors (Lipinski definition) is 1. The van der Waals surface area contributed by atoms with Gasteiger partial charge in [-0.25, -0.2) is 4.39 Å². The van der Waals surface area contributed by atoms with Crippen LogP contribution < -0.4 is 0 Å². The average molecular weight is 342 g/mol. The first-order valence-corrected chi connectivity index (χ1v) is 8.22. The molecule has 130 valence electrons. The first kappa shape index (κ1) is 15.9. The third-order valence-corrected chi connectivity index (χ3v) is 4.41. The number of halogens is 1. The molecule has 0 saturated carbocycles. The number of rotatable bonds is 4. The van der Waals surface area contributed by atoms with Gasteiger partial charge in [0.15, 0.2) is 5.82 Å². The normalized spacial score (nSPS) is 16.4. The van der Waals surface area contributed by atoms with Gasteiger partial charge in [0.05, 0.1) is 24.0 Å². The van der Waals surface area contributed by atoms with E-state index in [0.29, 0.717) is 35.1 Å². The molecule has 8 heteroatoms. The Kier molecular flexibility index (Phi) is 4.29. The lowest BCUT2D eigenvalue weighted by molar-refractivity contribution is 0.144. The molecule has 3 aromatic rings. The quantitative estimate of drug-likeness (QED) is 0.782. The van der Waals surface area contributed by atoms with Crippen molar-refractivity contribution < 1.29 is 8.91 Å². The van der Waals surface area contributed by atoms with Crippen LogP contribution in [-0.2, 0) is 6.54 Å². The summed E-state index contributed by atoms with van der Waals surface area (Å²) in [6.45, 7) is 4.71. The van der Waals surface area contributed by atoms with Crippen LogP contribution in [0.25, 0.3) is 22.7 Å². The minimum Gasteiger partial charge on any atom is -0.334 e. The number of aromatic nitrogens is 4. The summed E-state index contributed by atoms with van der Waals surface area (Å²) in [5.41, 5.74) is 2.02. The van der Waals surface area contributed by atoms with E-state index in [2.05, 4.69) is 37.2 Å². The molecule has 0 amide bonds. The minimum absolute atomic E-state index is 0.306. The fraction of sp³-hybridized carbons (Fsp3) is 0.353. The van der Waals surface area contributed by atoms with Crippen LogP contribution in [0.3, 0.4) is 0 Å². The minimum atomic E-state index is -0.306. The van der Waals surface area contributed by atoms with Crippen molar-refractivity contribution >= 4 is 0 Å². The van der Waals surface area contributed by atoms with E-state index in [9.17, 15) is 4.39 Å². The molecule has 1 saturated heterocycles. The Bertz CT molecular complexity index is 852. The van der Waals surface area contributed by atoms with E-state index in [1.54, 1.807) is 12.3 Å². The predicted octanol–water partition coefficient (Wildman–Crippen LogP) is 2.01. The molecule has 0 radical (unpaired) electrons. The van der Waals surface area contributed by atoms with E-state index >= 15 is 0 Å². The van der Waals surface area contributed by atoms with Gasteiger partial charge in [-0.05, 0) is 19.2 Å². The maximum absolute atomic E-state index is 13.5. The third kappa shape index (κ3) is 3.45. The first-order chi connectivity index (χ1) is 12.2. The SMILES string of the molecule is CN1CCN(Cc2noc(-c3cn[nH]c3-c3cccc(F)c3)n2)CC1. The zero-order valence-electron chi connectivity index (χ0n) is 13.9. The van der Waals surface area contributed by atoms with Crippen LogP contribution in [0.2, 0.25) is 0 Å². The lowest BCUT2D eigenvalue weighted by Crippen LogP contribution is -2.44. The van der Waals surface area contributed by atoms with E-state index < -0.39 is 0 Å². The Morgan fingerprint density at radius 3 is 2.88 bits per heavy atom. The van der Waals surface area contributed by atoms with Gasteiger partial charge in [-0.15, -0.1) is 0 Å². The molecule has 0 bridgehead atoms. The molecule has 0 spiro atoms. The maximum atomic E-state index is 13.5. The van der Waals surface area contributed by atoms with Gasteiger partial charge in [0.1, 0.15) is 5.82 Å². The van der Waals surface area contributed by atoms with E-state index in [4.69, 9.17) is 4.52 Å². The van der Waals surface area contributed by atoms with Gasteiger partial charge in [0.2, 0.25) is 0 Å². The van der Waals surface area contributed by atoms with Gasteiger partial charge in [-0.1, -0.05) is 17.3 Å². The van der Waals surface area contributed by atoms with Crippen molar-refractivity contribution in [1.82, 2.24) is 30.1 Å². The largest absolute Gasteiger partial charge is 0.334 e. The molecular formula is C17H19FN6O. The Labute approximate surface area is 144 Å². The smallest absolute Gasteiger partial charge is 0.261 e. The van der Waals surface area contributed by atoms with Crippen molar-refractivity contribution in [3.63, 3.8) is 0 Å². The number of nitrogens with one attached hydrogen (secondary N) is 1. The van der Waals surface area contributed by atoms with Crippen LogP contribution in [0, 0.1) is 5.82 Å². The Morgan fingerprint density at radius 1 is 1.24 bits per heavy atom. The van der Waals surface area contributed by atoms with Crippen LogP contribution in [0.5, 0.6) is 0 Å². The molecule has 0 unspecified atom stereocenters. The third-order valence-electron chi connectivity index (χ3n) is 4.41. The summed E-state index contributed by atoms with van der Waals surface area (Å²) < 4.78 is 18.9. The molecule has 0 atom stereocenters. The summed E-state index contributed by atoms with van der Waals surface area (Å²) in [6, 6.07) is 6.31. The highest BCUT2D eigenvalue weighted by Gasteiger charge is 2.19. The van der Waals surface area contributed by atoms with E-state index in [1.807, 2.05) is 6.07 Å². The highest BCUT2D eigenvalue weighted by Crippen LogP contribution is 2.29. The molecular weight excluding hydrogens is 323 g/mol. The van der Waals surface area contributed by atoms with Crippen molar-refractivity contribution in [3.8, 4) is 22.7 Å². The summed E-state index contributed by atoms with van der Waals surface area (Å²) in [6.07, 6.45) is 1.62. The summed E-state index contributed by atoms with van der Waals surface area (Å²) in [5, 5.41) is 11.0. The number of H-pyrrole nitrogens is 1. The number of benzene rings is 1. The van der Waals surface area contributed by atoms with E-state index in [-0.39, 0.29) is 5.82 Å². The summed E-state index contributed by atoms with van der Waals surface area (Å²) in [5.74, 6) is 0.724. The Morgan fingerprint density at radius 2 is 2.08 bits per heavy atom. The second kappa shape index (κ2) is 6.73. The number of nitrogens with zero attached hydrogens (tertiary/aromatic N) is 5. The molecule has 1 N–H and O–H groups in total. The number of likely N-dealkylation sites (N-methyl/N-ethyl adjacent to an activating group) is 1. The van der Waals surface area contributed by atoms with Crippen molar-refractivity contribution in [3.05, 3.63) is 42.1 Å². The topological polar surface area (TPSA) is 74.1 Å². The van der Waals surface area contributed by atoms with Crippen molar-refractivity contribution in [2.24, 2.45) is 0 Å². The van der Waals surface area contributed by atoms with Gasteiger partial charge >= 0.3 is 0 Å². The number of hydrogen-bond acceptors (Lipinski definition) is 6. The van der Waals surface area contributed by atoms with Crippen LogP contribution in [0.1, 0.15) is 5.82 Å². The molecule has 2 aromatic heterocycles. The number of piperazine rings is 1. The standard InChI is InChI=1S/C17H19FN6O/c1-23-5-7-24(8-6-23)11-15-20-17(25-22-15)14-10-19-21-16(14)12-3-2-4-13(18)9-12/h2-4,9-10H,5-8,11H2,1H3,(H,19,21). The fourth-order valence-corrected chi connectivity index (χ4v) is 2.95. The van der Waals surface area contributed by atoms with Gasteiger partial charge in [-0.2, -0.15) is 10.1 Å². The highest BCUT2D eigenvalue weighted by atomic mass is 19.1. The molecule has 1 aliphatic heterocycles. The molecule has 3 heterocycles. The second-order valence-electron chi connectivity index (χ2n) is 6.26. The average Bonchev–Trinajstić information content (AvgIpc) is 3.26. The summed E-state index contributed by atoms with van der Waals surface area (Å²) in [7, 11) is 2.12. The predicted molar refractivity (Wildman–Crippen MR) is 90.0 cm³/mol. The lowest BCUT2D eigenvalue weighted by Gasteiger charge is -2.31. The summed E-state index contributed by atoms with van der Waals surface area (Å²) in [4.78, 5) is 9.09. The molecule has 1 aliphatic rings. The lowest BCUT2D eigenvalue weighted by atomic mass is 10.1. The van der Waals surface area contributed by atoms with Crippen LogP contribution in [0.15, 0.2) is 35.0 Å². The maximum Gasteiger partial charge on any atom is 0.261 e. The van der Waals surface area contributed by atoms with Crippen molar-refractivity contribution in [2.45, 2.75) is 6.54 Å². The van der Waals surface area contributed by atoms with E-state index in [1.165, 1.54) is 12.1 Å². The van der Waals surface area contributed by atoms with Crippen LogP contribution in [-0.4, -0.2) is 63.4 Å². The van der Waals surface area contributed by atoms with Gasteiger partial charge < -0.3 is 9.42 Å². The van der Waals surface area contributed by atoms with Gasteiger partial charge in [0.25, 0.3) is 5.89 Å². The fourth-order valence-electron chi connectivity index (χ4n) is 2.95. The second-order valence-corrected chi connectivity index (χ2v) is 6.26. The Hall–Kier alpha value is -2.58. The van der Waals surface area contributed by atoms with E-state index in [0.717, 1.165) is 26.2 Å². The highest BCUT2D eigenvalue weighted by molar-refractivity contribution is 5.76. The summed E-state index contributed by atoms with van der Waals surface area (Å²) >= 11 is 0. The number of aromatic amines is 1. The molecule has 1 aromatic carbocycles. The van der Waals surface area contributed by atoms with Gasteiger partial charge in [0, 0.05) is 31.7 Å². The molecule has 0 aliphatic carbocycles. The van der Waals surface area contributed by atoms with Crippen molar-refractivity contribution in [1.29, 1.82) is 0 Å². The Balaban J connectivity index is 1.54. The van der Waals surface area contributed by atoms with Crippen LogP contribution in [0.4, 0.5) is 4.39 Å². The molecule has 25 heavy (non-hydrogen) atoms. The zero-order valence-corrected chi connectivity index (χ0v) is 13.9. The first-order valence-electron chi connectivity index (χ1n) is 8.22. The molecule has 4 rings (SSSR count). The molecule has 1 fully saturated rings. The molecule has 7 nitrogen and oxygen atoms in total. The monoisotopic (exact) mass is 342 g/mol. The van der Waals surface area contributed by atoms with Crippen LogP contribution >= 0.6 is 0 Å². The zero-order chi connectivity index (χ0) is 17.2. The van der Waals surface area contributed by atoms with Crippen molar-refractivity contribution in [2.75, 3.05) is 33.2 Å².